The average molecular weight is 346 g/mol. The molecule has 1 heterocycles. The molecule has 1 aliphatic heterocycles. The Hall–Kier alpha value is -0.860. The molecular formula is C14H18O6S2. The Labute approximate surface area is 133 Å². The number of thioether (sulfide) groups is 1. The molecule has 0 radical (unpaired) electrons. The smallest absolute Gasteiger partial charge is 0.316 e. The number of hydrogen-bond donors (Lipinski definition) is 0. The molecule has 22 heavy (non-hydrogen) atoms. The number of carbonyl (C=O) groups excluding carboxylic acids is 2. The van der Waals surface area contributed by atoms with Gasteiger partial charge in [-0.2, -0.15) is 8.42 Å². The van der Waals surface area contributed by atoms with E-state index < -0.39 is 39.0 Å². The minimum Gasteiger partial charge on any atom is -0.459 e. The molecule has 2 saturated carbocycles. The van der Waals surface area contributed by atoms with Crippen LogP contribution in [0.1, 0.15) is 26.7 Å². The van der Waals surface area contributed by atoms with Crippen LogP contribution >= 0.6 is 11.8 Å². The van der Waals surface area contributed by atoms with E-state index in [0.29, 0.717) is 18.4 Å². The van der Waals surface area contributed by atoms with Crippen LogP contribution in [0.2, 0.25) is 0 Å². The maximum absolute atomic E-state index is 12.0. The summed E-state index contributed by atoms with van der Waals surface area (Å²) in [5.41, 5.74) is -0.0898. The molecule has 1 saturated heterocycles. The third-order valence-electron chi connectivity index (χ3n) is 4.89. The summed E-state index contributed by atoms with van der Waals surface area (Å²) in [4.78, 5) is 23.3. The number of hydrogen-bond acceptors (Lipinski definition) is 7. The number of esters is 1. The first-order valence-corrected chi connectivity index (χ1v) is 9.55. The van der Waals surface area contributed by atoms with Crippen molar-refractivity contribution < 1.29 is 26.9 Å². The van der Waals surface area contributed by atoms with Crippen molar-refractivity contribution in [2.75, 3.05) is 5.75 Å². The minimum atomic E-state index is -3.56. The molecule has 0 aromatic carbocycles. The van der Waals surface area contributed by atoms with Crippen molar-refractivity contribution in [3.05, 3.63) is 12.2 Å². The highest BCUT2D eigenvalue weighted by atomic mass is 32.2. The summed E-state index contributed by atoms with van der Waals surface area (Å²) in [6.45, 7) is 6.98. The zero-order chi connectivity index (χ0) is 16.3. The summed E-state index contributed by atoms with van der Waals surface area (Å²) >= 11 is 0.842. The van der Waals surface area contributed by atoms with E-state index >= 15 is 0 Å². The molecule has 2 bridgehead atoms. The van der Waals surface area contributed by atoms with Crippen LogP contribution in [0, 0.1) is 11.3 Å². The molecule has 2 aliphatic carbocycles. The molecule has 0 N–H and O–H groups in total. The molecule has 3 rings (SSSR count). The lowest BCUT2D eigenvalue weighted by atomic mass is 9.82. The van der Waals surface area contributed by atoms with Crippen LogP contribution in [0.4, 0.5) is 0 Å². The fourth-order valence-corrected chi connectivity index (χ4v) is 6.60. The third kappa shape index (κ3) is 2.32. The zero-order valence-electron chi connectivity index (χ0n) is 12.4. The molecule has 5 atom stereocenters. The molecule has 0 aromatic rings. The first-order valence-electron chi connectivity index (χ1n) is 7.09. The second kappa shape index (κ2) is 5.07. The van der Waals surface area contributed by atoms with E-state index in [9.17, 15) is 18.0 Å². The van der Waals surface area contributed by atoms with Gasteiger partial charge in [0.25, 0.3) is 10.1 Å². The monoisotopic (exact) mass is 346 g/mol. The zero-order valence-corrected chi connectivity index (χ0v) is 14.0. The highest BCUT2D eigenvalue weighted by molar-refractivity contribution is 8.14. The van der Waals surface area contributed by atoms with Crippen LogP contribution in [0.25, 0.3) is 0 Å². The maximum Gasteiger partial charge on any atom is 0.316 e. The Morgan fingerprint density at radius 2 is 2.14 bits per heavy atom. The van der Waals surface area contributed by atoms with Gasteiger partial charge in [0.1, 0.15) is 12.2 Å². The molecule has 8 heteroatoms. The van der Waals surface area contributed by atoms with E-state index in [1.165, 1.54) is 0 Å². The van der Waals surface area contributed by atoms with Crippen LogP contribution < -0.4 is 0 Å². The molecule has 0 aromatic heterocycles. The lowest BCUT2D eigenvalue weighted by Crippen LogP contribution is -2.42. The van der Waals surface area contributed by atoms with Crippen LogP contribution in [0.3, 0.4) is 0 Å². The van der Waals surface area contributed by atoms with Gasteiger partial charge in [0.2, 0.25) is 5.12 Å². The van der Waals surface area contributed by atoms with Gasteiger partial charge < -0.3 is 4.74 Å². The van der Waals surface area contributed by atoms with E-state index in [1.54, 1.807) is 6.92 Å². The average Bonchev–Trinajstić information content (AvgIpc) is 2.92. The van der Waals surface area contributed by atoms with Crippen molar-refractivity contribution in [3.63, 3.8) is 0 Å². The van der Waals surface area contributed by atoms with Gasteiger partial charge >= 0.3 is 5.97 Å². The van der Waals surface area contributed by atoms with Crippen molar-refractivity contribution in [3.8, 4) is 0 Å². The lowest BCUT2D eigenvalue weighted by molar-refractivity contribution is -0.153. The molecule has 3 fully saturated rings. The minimum absolute atomic E-state index is 0.0167. The quantitative estimate of drug-likeness (QED) is 0.430. The van der Waals surface area contributed by atoms with Gasteiger partial charge in [-0.15, -0.1) is 0 Å². The topological polar surface area (TPSA) is 86.7 Å². The van der Waals surface area contributed by atoms with Gasteiger partial charge in [-0.05, 0) is 25.3 Å². The summed E-state index contributed by atoms with van der Waals surface area (Å²) < 4.78 is 34.6. The second-order valence-corrected chi connectivity index (χ2v) is 9.21. The van der Waals surface area contributed by atoms with Gasteiger partial charge in [0.15, 0.2) is 0 Å². The van der Waals surface area contributed by atoms with E-state index in [2.05, 4.69) is 6.58 Å². The summed E-state index contributed by atoms with van der Waals surface area (Å²) in [5, 5.41) is -0.735. The molecule has 6 nitrogen and oxygen atoms in total. The summed E-state index contributed by atoms with van der Waals surface area (Å²) in [6.07, 6.45) is 0.0428. The van der Waals surface area contributed by atoms with Gasteiger partial charge in [0, 0.05) is 11.3 Å². The third-order valence-corrected chi connectivity index (χ3v) is 7.78. The van der Waals surface area contributed by atoms with Crippen molar-refractivity contribution >= 4 is 33.0 Å². The van der Waals surface area contributed by atoms with Crippen molar-refractivity contribution in [1.29, 1.82) is 0 Å². The Kier molecular flexibility index (Phi) is 3.69. The van der Waals surface area contributed by atoms with Crippen molar-refractivity contribution in [2.24, 2.45) is 11.3 Å². The Morgan fingerprint density at radius 3 is 2.77 bits per heavy atom. The fraction of sp³-hybridized carbons (Fsp3) is 0.714. The summed E-state index contributed by atoms with van der Waals surface area (Å²) in [6, 6.07) is 0. The fourth-order valence-electron chi connectivity index (χ4n) is 3.91. The first kappa shape index (κ1) is 16.0. The van der Waals surface area contributed by atoms with E-state index in [0.717, 1.165) is 11.8 Å². The normalized spacial score (nSPS) is 40.6. The number of ether oxygens (including phenoxy) is 1. The molecular weight excluding hydrogens is 328 g/mol. The molecule has 0 spiro atoms. The van der Waals surface area contributed by atoms with E-state index in [-0.39, 0.29) is 16.8 Å². The summed E-state index contributed by atoms with van der Waals surface area (Å²) in [5.74, 6) is -0.609. The van der Waals surface area contributed by atoms with Crippen LogP contribution in [-0.4, -0.2) is 42.7 Å². The Balaban J connectivity index is 1.65. The Morgan fingerprint density at radius 1 is 1.45 bits per heavy atom. The van der Waals surface area contributed by atoms with Gasteiger partial charge in [-0.1, -0.05) is 25.3 Å². The molecule has 0 amide bonds. The highest BCUT2D eigenvalue weighted by Crippen LogP contribution is 2.63. The van der Waals surface area contributed by atoms with Gasteiger partial charge in [-0.25, -0.2) is 0 Å². The van der Waals surface area contributed by atoms with Crippen molar-refractivity contribution in [2.45, 2.75) is 44.1 Å². The van der Waals surface area contributed by atoms with Crippen LogP contribution in [0.15, 0.2) is 12.2 Å². The number of carbonyl (C=O) groups is 2. The molecule has 5 unspecified atom stereocenters. The van der Waals surface area contributed by atoms with Gasteiger partial charge in [-0.3, -0.25) is 13.8 Å². The number of rotatable bonds is 4. The molecule has 3 aliphatic rings. The number of fused-ring (bicyclic) bond motifs is 1. The van der Waals surface area contributed by atoms with Gasteiger partial charge in [0.05, 0.1) is 11.0 Å². The standard InChI is InChI=1S/C14H18O6S2/c1-7(2)13(16)21-6-10(15)19-11-8-4-9-14(3,5-8)12(11)20-22(9,17)18/h8-9,11-12H,1,4-6H2,2-3H3. The maximum atomic E-state index is 12.0. The van der Waals surface area contributed by atoms with Crippen LogP contribution in [-0.2, 0) is 28.6 Å². The van der Waals surface area contributed by atoms with Crippen LogP contribution in [0.5, 0.6) is 0 Å². The SMILES string of the molecule is C=C(C)C(=O)SCC(=O)OC1C2CC3C(C)(C2)C1OS3(=O)=O. The lowest BCUT2D eigenvalue weighted by Gasteiger charge is -2.30. The van der Waals surface area contributed by atoms with E-state index in [4.69, 9.17) is 8.92 Å². The largest absolute Gasteiger partial charge is 0.459 e. The van der Waals surface area contributed by atoms with Crippen molar-refractivity contribution in [1.82, 2.24) is 0 Å². The first-order chi connectivity index (χ1) is 10.1. The highest BCUT2D eigenvalue weighted by Gasteiger charge is 2.72. The Bertz CT molecular complexity index is 654. The predicted octanol–water partition coefficient (Wildman–Crippen LogP) is 1.26. The predicted molar refractivity (Wildman–Crippen MR) is 80.6 cm³/mol. The van der Waals surface area contributed by atoms with E-state index in [1.807, 2.05) is 6.92 Å². The second-order valence-electron chi connectivity index (χ2n) is 6.51. The molecule has 122 valence electrons. The summed E-state index contributed by atoms with van der Waals surface area (Å²) in [7, 11) is -3.56.